The Kier molecular flexibility index (Phi) is 3.56. The number of nitrogens with zero attached hydrogens (tertiary/aromatic N) is 1. The molecule has 2 saturated heterocycles. The third kappa shape index (κ3) is 2.53. The third-order valence-corrected chi connectivity index (χ3v) is 4.60. The van der Waals surface area contributed by atoms with E-state index in [0.29, 0.717) is 18.6 Å². The van der Waals surface area contributed by atoms with Crippen LogP contribution in [0, 0.1) is 5.82 Å². The van der Waals surface area contributed by atoms with E-state index in [9.17, 15) is 9.50 Å². The molecule has 2 fully saturated rings. The van der Waals surface area contributed by atoms with Crippen LogP contribution in [0.15, 0.2) is 18.2 Å². The minimum Gasteiger partial charge on any atom is -0.393 e. The van der Waals surface area contributed by atoms with Gasteiger partial charge in [0.2, 0.25) is 0 Å². The summed E-state index contributed by atoms with van der Waals surface area (Å²) in [5.41, 5.74) is 7.72. The normalized spacial score (nSPS) is 30.8. The lowest BCUT2D eigenvalue weighted by Crippen LogP contribution is -2.44. The van der Waals surface area contributed by atoms with Gasteiger partial charge in [0.05, 0.1) is 6.10 Å². The molecule has 19 heavy (non-hydrogen) atoms. The largest absolute Gasteiger partial charge is 0.393 e. The highest BCUT2D eigenvalue weighted by Gasteiger charge is 2.39. The molecule has 0 aliphatic carbocycles. The van der Waals surface area contributed by atoms with Gasteiger partial charge in [0, 0.05) is 25.2 Å². The van der Waals surface area contributed by atoms with E-state index in [2.05, 4.69) is 4.90 Å². The molecule has 2 aliphatic heterocycles. The summed E-state index contributed by atoms with van der Waals surface area (Å²) in [6.45, 7) is 1.20. The van der Waals surface area contributed by atoms with Crippen LogP contribution in [0.3, 0.4) is 0 Å². The van der Waals surface area contributed by atoms with Crippen LogP contribution in [0.5, 0.6) is 0 Å². The summed E-state index contributed by atoms with van der Waals surface area (Å²) in [6.07, 6.45) is 3.93. The first-order valence-electron chi connectivity index (χ1n) is 7.08. The summed E-state index contributed by atoms with van der Waals surface area (Å²) < 4.78 is 13.2. The minimum absolute atomic E-state index is 0.143. The van der Waals surface area contributed by atoms with E-state index in [1.165, 1.54) is 25.0 Å². The fourth-order valence-corrected chi connectivity index (χ4v) is 3.64. The molecule has 0 radical (unpaired) electrons. The molecule has 2 bridgehead atoms. The first-order chi connectivity index (χ1) is 9.17. The van der Waals surface area contributed by atoms with Crippen molar-refractivity contribution in [1.82, 2.24) is 4.90 Å². The minimum atomic E-state index is -0.221. The predicted octanol–water partition coefficient (Wildman–Crippen LogP) is 1.77. The molecular weight excluding hydrogens is 243 g/mol. The molecule has 2 aliphatic rings. The van der Waals surface area contributed by atoms with Crippen LogP contribution >= 0.6 is 0 Å². The fraction of sp³-hybridized carbons (Fsp3) is 0.600. The Morgan fingerprint density at radius 1 is 1.21 bits per heavy atom. The van der Waals surface area contributed by atoms with Gasteiger partial charge in [0.1, 0.15) is 5.82 Å². The van der Waals surface area contributed by atoms with Gasteiger partial charge in [-0.05, 0) is 48.9 Å². The predicted molar refractivity (Wildman–Crippen MR) is 71.9 cm³/mol. The van der Waals surface area contributed by atoms with Crippen LogP contribution in [-0.2, 0) is 13.1 Å². The lowest BCUT2D eigenvalue weighted by molar-refractivity contribution is 0.0309. The lowest BCUT2D eigenvalue weighted by Gasteiger charge is -2.37. The summed E-state index contributed by atoms with van der Waals surface area (Å²) in [5, 5.41) is 9.81. The van der Waals surface area contributed by atoms with Crippen molar-refractivity contribution in [3.63, 3.8) is 0 Å². The first-order valence-corrected chi connectivity index (χ1v) is 7.08. The molecule has 3 nitrogen and oxygen atoms in total. The average molecular weight is 264 g/mol. The molecule has 0 aromatic heterocycles. The number of nitrogens with two attached hydrogens (primary N) is 1. The topological polar surface area (TPSA) is 49.5 Å². The van der Waals surface area contributed by atoms with Crippen molar-refractivity contribution in [2.75, 3.05) is 0 Å². The standard InChI is InChI=1S/C15H21FN2O/c16-12-2-1-10(11(5-12)8-17)9-18-13-3-4-14(18)7-15(19)6-13/h1-2,5,13-15,19H,3-4,6-9,17H2. The van der Waals surface area contributed by atoms with Crippen molar-refractivity contribution in [2.24, 2.45) is 5.73 Å². The van der Waals surface area contributed by atoms with Gasteiger partial charge in [-0.3, -0.25) is 4.90 Å². The number of benzene rings is 1. The van der Waals surface area contributed by atoms with Gasteiger partial charge in [-0.25, -0.2) is 4.39 Å². The van der Waals surface area contributed by atoms with Crippen molar-refractivity contribution in [2.45, 2.75) is 57.0 Å². The van der Waals surface area contributed by atoms with Crippen LogP contribution in [0.2, 0.25) is 0 Å². The highest BCUT2D eigenvalue weighted by atomic mass is 19.1. The maximum Gasteiger partial charge on any atom is 0.123 e. The molecule has 3 N–H and O–H groups in total. The molecule has 0 amide bonds. The van der Waals surface area contributed by atoms with Crippen LogP contribution < -0.4 is 5.73 Å². The second kappa shape index (κ2) is 5.19. The quantitative estimate of drug-likeness (QED) is 0.875. The first kappa shape index (κ1) is 13.0. The summed E-state index contributed by atoms with van der Waals surface area (Å²) in [4.78, 5) is 2.47. The zero-order valence-electron chi connectivity index (χ0n) is 11.1. The molecule has 1 aromatic carbocycles. The highest BCUT2D eigenvalue weighted by Crippen LogP contribution is 2.37. The number of hydrogen-bond acceptors (Lipinski definition) is 3. The Morgan fingerprint density at radius 2 is 1.89 bits per heavy atom. The van der Waals surface area contributed by atoms with E-state index in [0.717, 1.165) is 30.5 Å². The lowest BCUT2D eigenvalue weighted by atomic mass is 9.98. The Morgan fingerprint density at radius 3 is 2.53 bits per heavy atom. The van der Waals surface area contributed by atoms with Crippen LogP contribution in [0.25, 0.3) is 0 Å². The Bertz CT molecular complexity index is 451. The number of rotatable bonds is 3. The second-order valence-electron chi connectivity index (χ2n) is 5.80. The molecule has 0 saturated carbocycles. The number of aliphatic hydroxyl groups is 1. The molecule has 0 spiro atoms. The number of fused-ring (bicyclic) bond motifs is 2. The van der Waals surface area contributed by atoms with Gasteiger partial charge in [0.25, 0.3) is 0 Å². The molecular formula is C15H21FN2O. The summed E-state index contributed by atoms with van der Waals surface area (Å²) in [7, 11) is 0. The highest BCUT2D eigenvalue weighted by molar-refractivity contribution is 5.28. The fourth-order valence-electron chi connectivity index (χ4n) is 3.64. The van der Waals surface area contributed by atoms with Gasteiger partial charge in [-0.15, -0.1) is 0 Å². The maximum atomic E-state index is 13.2. The molecule has 3 rings (SSSR count). The second-order valence-corrected chi connectivity index (χ2v) is 5.80. The van der Waals surface area contributed by atoms with Crippen LogP contribution in [-0.4, -0.2) is 28.2 Å². The van der Waals surface area contributed by atoms with Crippen molar-refractivity contribution >= 4 is 0 Å². The van der Waals surface area contributed by atoms with Crippen molar-refractivity contribution in [1.29, 1.82) is 0 Å². The molecule has 1 aromatic rings. The molecule has 2 atom stereocenters. The summed E-state index contributed by atoms with van der Waals surface area (Å²) >= 11 is 0. The van der Waals surface area contributed by atoms with Gasteiger partial charge in [-0.1, -0.05) is 6.07 Å². The van der Waals surface area contributed by atoms with Gasteiger partial charge >= 0.3 is 0 Å². The van der Waals surface area contributed by atoms with Crippen LogP contribution in [0.1, 0.15) is 36.8 Å². The number of hydrogen-bond donors (Lipinski definition) is 2. The monoisotopic (exact) mass is 264 g/mol. The molecule has 4 heteroatoms. The van der Waals surface area contributed by atoms with E-state index >= 15 is 0 Å². The van der Waals surface area contributed by atoms with Crippen molar-refractivity contribution < 1.29 is 9.50 Å². The molecule has 2 heterocycles. The number of aliphatic hydroxyl groups excluding tert-OH is 1. The van der Waals surface area contributed by atoms with E-state index in [1.54, 1.807) is 0 Å². The van der Waals surface area contributed by atoms with E-state index in [-0.39, 0.29) is 11.9 Å². The van der Waals surface area contributed by atoms with E-state index in [1.807, 2.05) is 6.07 Å². The number of piperidine rings is 1. The zero-order valence-corrected chi connectivity index (χ0v) is 11.1. The Hall–Kier alpha value is -0.970. The van der Waals surface area contributed by atoms with E-state index < -0.39 is 0 Å². The van der Waals surface area contributed by atoms with Crippen molar-refractivity contribution in [3.8, 4) is 0 Å². The van der Waals surface area contributed by atoms with Crippen LogP contribution in [0.4, 0.5) is 4.39 Å². The third-order valence-electron chi connectivity index (χ3n) is 4.60. The average Bonchev–Trinajstić information content (AvgIpc) is 2.63. The zero-order chi connectivity index (χ0) is 13.4. The summed E-state index contributed by atoms with van der Waals surface area (Å²) in [6, 6.07) is 5.85. The van der Waals surface area contributed by atoms with Crippen molar-refractivity contribution in [3.05, 3.63) is 35.1 Å². The van der Waals surface area contributed by atoms with E-state index in [4.69, 9.17) is 5.73 Å². The smallest absolute Gasteiger partial charge is 0.123 e. The van der Waals surface area contributed by atoms with Gasteiger partial charge in [-0.2, -0.15) is 0 Å². The SMILES string of the molecule is NCc1cc(F)ccc1CN1C2CCC1CC(O)C2. The number of halogens is 1. The van der Waals surface area contributed by atoms with Gasteiger partial charge < -0.3 is 10.8 Å². The molecule has 104 valence electrons. The maximum absolute atomic E-state index is 13.2. The molecule has 2 unspecified atom stereocenters. The Balaban J connectivity index is 1.79. The summed E-state index contributed by atoms with van der Waals surface area (Å²) in [5.74, 6) is -0.221. The van der Waals surface area contributed by atoms with Gasteiger partial charge in [0.15, 0.2) is 0 Å². The Labute approximate surface area is 113 Å².